The van der Waals surface area contributed by atoms with E-state index in [2.05, 4.69) is 71.4 Å². The van der Waals surface area contributed by atoms with Crippen molar-refractivity contribution in [3.05, 3.63) is 58.6 Å². The Hall–Kier alpha value is -1.12. The number of rotatable bonds is 3. The highest BCUT2D eigenvalue weighted by molar-refractivity contribution is 9.10. The standard InChI is InChI=1S/C15H16BrN/c1-2-15(17)13-5-3-4-12(10-13)11-6-8-14(16)9-7-11/h3-10,15H,2,17H2,1H3. The molecule has 0 amide bonds. The Balaban J connectivity index is 2.36. The van der Waals surface area contributed by atoms with E-state index < -0.39 is 0 Å². The minimum Gasteiger partial charge on any atom is -0.324 e. The Morgan fingerprint density at radius 2 is 1.76 bits per heavy atom. The molecule has 1 atom stereocenters. The second kappa shape index (κ2) is 5.48. The molecule has 0 radical (unpaired) electrons. The molecule has 0 heterocycles. The molecular formula is C15H16BrN. The summed E-state index contributed by atoms with van der Waals surface area (Å²) in [7, 11) is 0. The van der Waals surface area contributed by atoms with Crippen molar-refractivity contribution < 1.29 is 0 Å². The van der Waals surface area contributed by atoms with E-state index in [1.807, 2.05) is 0 Å². The lowest BCUT2D eigenvalue weighted by Crippen LogP contribution is -2.08. The molecule has 1 nitrogen and oxygen atoms in total. The van der Waals surface area contributed by atoms with Crippen molar-refractivity contribution in [3.63, 3.8) is 0 Å². The molecular weight excluding hydrogens is 274 g/mol. The van der Waals surface area contributed by atoms with Crippen molar-refractivity contribution in [2.24, 2.45) is 5.73 Å². The summed E-state index contributed by atoms with van der Waals surface area (Å²) in [6.45, 7) is 2.11. The molecule has 0 aliphatic heterocycles. The lowest BCUT2D eigenvalue weighted by Gasteiger charge is -2.11. The molecule has 0 fully saturated rings. The Labute approximate surface area is 111 Å². The van der Waals surface area contributed by atoms with Gasteiger partial charge in [0.1, 0.15) is 0 Å². The zero-order valence-corrected chi connectivity index (χ0v) is 11.4. The predicted molar refractivity (Wildman–Crippen MR) is 76.8 cm³/mol. The average molecular weight is 290 g/mol. The number of benzene rings is 2. The third-order valence-electron chi connectivity index (χ3n) is 2.93. The van der Waals surface area contributed by atoms with Gasteiger partial charge >= 0.3 is 0 Å². The number of hydrogen-bond donors (Lipinski definition) is 1. The van der Waals surface area contributed by atoms with Crippen LogP contribution in [0.4, 0.5) is 0 Å². The number of halogens is 1. The molecule has 0 aromatic heterocycles. The van der Waals surface area contributed by atoms with Gasteiger partial charge in [-0.2, -0.15) is 0 Å². The molecule has 17 heavy (non-hydrogen) atoms. The van der Waals surface area contributed by atoms with Crippen molar-refractivity contribution in [2.45, 2.75) is 19.4 Å². The van der Waals surface area contributed by atoms with E-state index in [9.17, 15) is 0 Å². The van der Waals surface area contributed by atoms with Crippen molar-refractivity contribution in [2.75, 3.05) is 0 Å². The quantitative estimate of drug-likeness (QED) is 0.883. The molecule has 0 spiro atoms. The molecule has 88 valence electrons. The largest absolute Gasteiger partial charge is 0.324 e. The van der Waals surface area contributed by atoms with Crippen LogP contribution in [0.1, 0.15) is 24.9 Å². The van der Waals surface area contributed by atoms with Crippen LogP contribution in [0.15, 0.2) is 53.0 Å². The maximum Gasteiger partial charge on any atom is 0.0292 e. The van der Waals surface area contributed by atoms with E-state index in [1.165, 1.54) is 16.7 Å². The first kappa shape index (κ1) is 12.3. The van der Waals surface area contributed by atoms with Gasteiger partial charge in [-0.15, -0.1) is 0 Å². The van der Waals surface area contributed by atoms with Crippen molar-refractivity contribution >= 4 is 15.9 Å². The van der Waals surface area contributed by atoms with Gasteiger partial charge in [0.25, 0.3) is 0 Å². The third-order valence-corrected chi connectivity index (χ3v) is 3.46. The first-order valence-corrected chi connectivity index (χ1v) is 6.61. The third kappa shape index (κ3) is 2.96. The van der Waals surface area contributed by atoms with Gasteiger partial charge in [0.05, 0.1) is 0 Å². The molecule has 2 aromatic carbocycles. The maximum atomic E-state index is 6.06. The van der Waals surface area contributed by atoms with Crippen LogP contribution < -0.4 is 5.73 Å². The zero-order chi connectivity index (χ0) is 12.3. The molecule has 0 saturated carbocycles. The summed E-state index contributed by atoms with van der Waals surface area (Å²) in [6, 6.07) is 16.9. The van der Waals surface area contributed by atoms with Gasteiger partial charge in [0.2, 0.25) is 0 Å². The van der Waals surface area contributed by atoms with E-state index in [0.717, 1.165) is 10.9 Å². The van der Waals surface area contributed by atoms with E-state index in [0.29, 0.717) is 0 Å². The number of hydrogen-bond acceptors (Lipinski definition) is 1. The molecule has 1 unspecified atom stereocenters. The Morgan fingerprint density at radius 1 is 1.06 bits per heavy atom. The molecule has 2 N–H and O–H groups in total. The lowest BCUT2D eigenvalue weighted by atomic mass is 9.99. The highest BCUT2D eigenvalue weighted by Crippen LogP contribution is 2.24. The summed E-state index contributed by atoms with van der Waals surface area (Å²) < 4.78 is 1.10. The minimum absolute atomic E-state index is 0.130. The maximum absolute atomic E-state index is 6.06. The Morgan fingerprint density at radius 3 is 2.41 bits per heavy atom. The van der Waals surface area contributed by atoms with Gasteiger partial charge in [0, 0.05) is 10.5 Å². The summed E-state index contributed by atoms with van der Waals surface area (Å²) >= 11 is 3.45. The fraction of sp³-hybridized carbons (Fsp3) is 0.200. The summed E-state index contributed by atoms with van der Waals surface area (Å²) in [6.07, 6.45) is 0.962. The highest BCUT2D eigenvalue weighted by Gasteiger charge is 2.04. The summed E-state index contributed by atoms with van der Waals surface area (Å²) in [5.74, 6) is 0. The van der Waals surface area contributed by atoms with E-state index >= 15 is 0 Å². The van der Waals surface area contributed by atoms with Crippen molar-refractivity contribution in [1.29, 1.82) is 0 Å². The molecule has 2 aromatic rings. The normalized spacial score (nSPS) is 12.4. The monoisotopic (exact) mass is 289 g/mol. The first-order chi connectivity index (χ1) is 8.20. The topological polar surface area (TPSA) is 26.0 Å². The number of nitrogens with two attached hydrogens (primary N) is 1. The van der Waals surface area contributed by atoms with Gasteiger partial charge in [-0.25, -0.2) is 0 Å². The van der Waals surface area contributed by atoms with Gasteiger partial charge in [0.15, 0.2) is 0 Å². The summed E-state index contributed by atoms with van der Waals surface area (Å²) in [5.41, 5.74) is 9.70. The van der Waals surface area contributed by atoms with Crippen LogP contribution in [0, 0.1) is 0 Å². The predicted octanol–water partition coefficient (Wildman–Crippen LogP) is 4.53. The summed E-state index contributed by atoms with van der Waals surface area (Å²) in [5, 5.41) is 0. The second-order valence-electron chi connectivity index (χ2n) is 4.15. The van der Waals surface area contributed by atoms with Gasteiger partial charge < -0.3 is 5.73 Å². The van der Waals surface area contributed by atoms with Crippen LogP contribution in [-0.4, -0.2) is 0 Å². The Bertz CT molecular complexity index is 491. The molecule has 2 heteroatoms. The highest BCUT2D eigenvalue weighted by atomic mass is 79.9. The van der Waals surface area contributed by atoms with Gasteiger partial charge in [-0.05, 0) is 41.3 Å². The summed E-state index contributed by atoms with van der Waals surface area (Å²) in [4.78, 5) is 0. The molecule has 0 bridgehead atoms. The van der Waals surface area contributed by atoms with Gasteiger partial charge in [-0.3, -0.25) is 0 Å². The zero-order valence-electron chi connectivity index (χ0n) is 9.86. The smallest absolute Gasteiger partial charge is 0.0292 e. The van der Waals surface area contributed by atoms with E-state index in [1.54, 1.807) is 0 Å². The van der Waals surface area contributed by atoms with Crippen LogP contribution in [0.25, 0.3) is 11.1 Å². The lowest BCUT2D eigenvalue weighted by molar-refractivity contribution is 0.699. The average Bonchev–Trinajstić information content (AvgIpc) is 2.39. The van der Waals surface area contributed by atoms with Crippen molar-refractivity contribution in [1.82, 2.24) is 0 Å². The molecule has 2 rings (SSSR count). The van der Waals surface area contributed by atoms with Crippen molar-refractivity contribution in [3.8, 4) is 11.1 Å². The minimum atomic E-state index is 0.130. The molecule has 0 aliphatic carbocycles. The fourth-order valence-electron chi connectivity index (χ4n) is 1.83. The first-order valence-electron chi connectivity index (χ1n) is 5.82. The second-order valence-corrected chi connectivity index (χ2v) is 5.06. The fourth-order valence-corrected chi connectivity index (χ4v) is 2.09. The molecule has 0 aliphatic rings. The van der Waals surface area contributed by atoms with Crippen LogP contribution >= 0.6 is 15.9 Å². The van der Waals surface area contributed by atoms with E-state index in [-0.39, 0.29) is 6.04 Å². The van der Waals surface area contributed by atoms with Crippen LogP contribution in [0.3, 0.4) is 0 Å². The molecule has 0 saturated heterocycles. The SMILES string of the molecule is CCC(N)c1cccc(-c2ccc(Br)cc2)c1. The van der Waals surface area contributed by atoms with E-state index in [4.69, 9.17) is 5.73 Å². The Kier molecular flexibility index (Phi) is 3.97. The van der Waals surface area contributed by atoms with Crippen LogP contribution in [0.5, 0.6) is 0 Å². The van der Waals surface area contributed by atoms with Crippen LogP contribution in [-0.2, 0) is 0 Å². The van der Waals surface area contributed by atoms with Gasteiger partial charge in [-0.1, -0.05) is 53.2 Å². The van der Waals surface area contributed by atoms with Crippen LogP contribution in [0.2, 0.25) is 0 Å².